The maximum absolute atomic E-state index is 12.6. The van der Waals surface area contributed by atoms with Crippen LogP contribution in [0.25, 0.3) is 11.2 Å². The van der Waals surface area contributed by atoms with Gasteiger partial charge in [0.1, 0.15) is 36.3 Å². The van der Waals surface area contributed by atoms with Gasteiger partial charge in [-0.25, -0.2) is 19.3 Å². The molecular formula is C34H52N7O17P3S-4. The van der Waals surface area contributed by atoms with Crippen LogP contribution in [-0.2, 0) is 50.7 Å². The minimum absolute atomic E-state index is 0.0212. The number of hydrogen-bond acceptors (Lipinski definition) is 22. The van der Waals surface area contributed by atoms with Gasteiger partial charge >= 0.3 is 0 Å². The summed E-state index contributed by atoms with van der Waals surface area (Å²) in [5, 5.41) is 26.2. The Kier molecular flexibility index (Phi) is 21.5. The molecule has 3 rings (SSSR count). The fourth-order valence-corrected chi connectivity index (χ4v) is 8.94. The van der Waals surface area contributed by atoms with Crippen LogP contribution in [0, 0.1) is 5.41 Å². The molecule has 24 nitrogen and oxygen atoms in total. The SMILES string of the molecule is CCCCCC/C=C/CC/C=C/C(=O)SCCNC(=O)CCNC(=O)[C@H](O)C(C)(C)COP(=O)([O-])OP(=O)([O-])OC[C@H]1O[C@@H](n2cnc3c(N)ncnc32)[C@H](O)[C@@H]1OP(=O)([O-])[O-]. The summed E-state index contributed by atoms with van der Waals surface area (Å²) in [5.41, 5.74) is 4.07. The molecule has 1 saturated heterocycles. The van der Waals surface area contributed by atoms with E-state index in [0.717, 1.165) is 48.2 Å². The van der Waals surface area contributed by atoms with Gasteiger partial charge < -0.3 is 69.0 Å². The maximum Gasteiger partial charge on any atom is 0.274 e. The molecule has 2 aromatic heterocycles. The van der Waals surface area contributed by atoms with Crippen molar-refractivity contribution in [3.63, 3.8) is 0 Å². The molecule has 62 heavy (non-hydrogen) atoms. The zero-order valence-electron chi connectivity index (χ0n) is 34.2. The number of nitrogen functional groups attached to an aromatic ring is 1. The highest BCUT2D eigenvalue weighted by atomic mass is 32.2. The third-order valence-corrected chi connectivity index (χ3v) is 12.7. The van der Waals surface area contributed by atoms with E-state index >= 15 is 0 Å². The lowest BCUT2D eigenvalue weighted by atomic mass is 9.87. The Morgan fingerprint density at radius 2 is 1.69 bits per heavy atom. The summed E-state index contributed by atoms with van der Waals surface area (Å²) < 4.78 is 60.7. The predicted molar refractivity (Wildman–Crippen MR) is 214 cm³/mol. The molecule has 1 aliphatic heterocycles. The Morgan fingerprint density at radius 3 is 2.40 bits per heavy atom. The molecule has 350 valence electrons. The molecule has 0 spiro atoms. The number of carbonyl (C=O) groups is 3. The molecule has 0 radical (unpaired) electrons. The average molecular weight is 956 g/mol. The molecule has 0 aliphatic carbocycles. The Balaban J connectivity index is 1.39. The maximum atomic E-state index is 12.6. The highest BCUT2D eigenvalue weighted by molar-refractivity contribution is 8.14. The van der Waals surface area contributed by atoms with Crippen molar-refractivity contribution >= 4 is 69.1 Å². The standard InChI is InChI=1S/C34H56N7O17P3S/c1-4-5-6-7-8-9-10-11-12-13-14-25(43)62-18-17-36-24(42)15-16-37-32(46)29(45)34(2,3)20-55-61(52,53)58-60(50,51)54-19-23-28(57-59(47,48)49)27(44)33(56-23)41-22-40-26-30(35)38-21-39-31(26)41/h9-10,13-14,21-23,27-29,33,44-45H,4-8,11-12,15-20H2,1-3H3,(H,36,42)(H,37,46)(H,50,51)(H,52,53)(H2,35,38,39)(H2,47,48,49)/p-4/b10-9+,14-13+/t23-,27-,28-,29+,33-/m1/s1. The van der Waals surface area contributed by atoms with E-state index in [9.17, 15) is 57.9 Å². The number of ether oxygens (including phenoxy) is 1. The largest absolute Gasteiger partial charge is 0.790 e. The minimum Gasteiger partial charge on any atom is -0.790 e. The summed E-state index contributed by atoms with van der Waals surface area (Å²) in [6.45, 7) is 2.26. The molecular weight excluding hydrogens is 903 g/mol. The van der Waals surface area contributed by atoms with Crippen LogP contribution in [-0.4, -0.2) is 103 Å². The lowest BCUT2D eigenvalue weighted by Gasteiger charge is -2.36. The molecule has 0 bridgehead atoms. The van der Waals surface area contributed by atoms with Gasteiger partial charge in [0.2, 0.25) is 16.9 Å². The quantitative estimate of drug-likeness (QED) is 0.0324. The van der Waals surface area contributed by atoms with Crippen molar-refractivity contribution in [1.29, 1.82) is 0 Å². The second-order valence-corrected chi connectivity index (χ2v) is 19.6. The number of carbonyl (C=O) groups excluding carboxylic acids is 3. The first-order chi connectivity index (χ1) is 29.1. The molecule has 2 aromatic rings. The van der Waals surface area contributed by atoms with Gasteiger partial charge in [-0.3, -0.25) is 28.1 Å². The van der Waals surface area contributed by atoms with E-state index in [1.54, 1.807) is 6.08 Å². The van der Waals surface area contributed by atoms with Crippen molar-refractivity contribution in [1.82, 2.24) is 30.2 Å². The second-order valence-electron chi connectivity index (χ2n) is 14.5. The number of rotatable bonds is 28. The van der Waals surface area contributed by atoms with E-state index < -0.39 is 84.6 Å². The number of aromatic nitrogens is 4. The van der Waals surface area contributed by atoms with Gasteiger partial charge in [-0.2, -0.15) is 0 Å². The topological polar surface area (TPSA) is 375 Å². The number of aliphatic hydroxyl groups excluding tert-OH is 2. The van der Waals surface area contributed by atoms with Crippen LogP contribution in [0.15, 0.2) is 37.0 Å². The molecule has 3 heterocycles. The first-order valence-corrected chi connectivity index (χ1v) is 24.7. The van der Waals surface area contributed by atoms with E-state index in [2.05, 4.69) is 62.5 Å². The van der Waals surface area contributed by atoms with Gasteiger partial charge in [-0.05, 0) is 31.8 Å². The molecule has 7 atom stereocenters. The number of aliphatic hydroxyl groups is 2. The van der Waals surface area contributed by atoms with E-state index in [-0.39, 0.29) is 41.6 Å². The van der Waals surface area contributed by atoms with E-state index in [1.807, 2.05) is 0 Å². The average Bonchev–Trinajstić information content (AvgIpc) is 3.75. The normalized spacial score (nSPS) is 21.0. The Bertz CT molecular complexity index is 2000. The first kappa shape index (κ1) is 53.4. The molecule has 0 aromatic carbocycles. The Morgan fingerprint density at radius 1 is 1.00 bits per heavy atom. The van der Waals surface area contributed by atoms with Crippen molar-refractivity contribution in [2.75, 3.05) is 37.8 Å². The van der Waals surface area contributed by atoms with Gasteiger partial charge in [0, 0.05) is 30.7 Å². The predicted octanol–water partition coefficient (Wildman–Crippen LogP) is -0.000300. The lowest BCUT2D eigenvalue weighted by Crippen LogP contribution is -2.46. The summed E-state index contributed by atoms with van der Waals surface area (Å²) in [5.74, 6) is -1.24. The van der Waals surface area contributed by atoms with Gasteiger partial charge in [0.05, 0.1) is 27.4 Å². The van der Waals surface area contributed by atoms with Gasteiger partial charge in [-0.15, -0.1) is 0 Å². The van der Waals surface area contributed by atoms with Crippen LogP contribution < -0.4 is 35.9 Å². The summed E-state index contributed by atoms with van der Waals surface area (Å²) in [4.78, 5) is 96.4. The van der Waals surface area contributed by atoms with Crippen LogP contribution >= 0.6 is 35.2 Å². The zero-order chi connectivity index (χ0) is 46.1. The molecule has 1 fully saturated rings. The monoisotopic (exact) mass is 955 g/mol. The van der Waals surface area contributed by atoms with E-state index in [1.165, 1.54) is 45.6 Å². The zero-order valence-corrected chi connectivity index (χ0v) is 37.7. The summed E-state index contributed by atoms with van der Waals surface area (Å²) in [7, 11) is -17.6. The number of unbranched alkanes of at least 4 members (excludes halogenated alkanes) is 5. The molecule has 28 heteroatoms. The lowest BCUT2D eigenvalue weighted by molar-refractivity contribution is -0.347. The van der Waals surface area contributed by atoms with Gasteiger partial charge in [-0.1, -0.05) is 70.0 Å². The smallest absolute Gasteiger partial charge is 0.274 e. The van der Waals surface area contributed by atoms with Crippen LogP contribution in [0.2, 0.25) is 0 Å². The minimum atomic E-state index is -5.92. The number of thioether (sulfide) groups is 1. The summed E-state index contributed by atoms with van der Waals surface area (Å²) >= 11 is 1.03. The number of allylic oxidation sites excluding steroid dienone is 3. The van der Waals surface area contributed by atoms with Crippen molar-refractivity contribution in [3.8, 4) is 0 Å². The summed E-state index contributed by atoms with van der Waals surface area (Å²) in [6.07, 6.45) is 7.45. The van der Waals surface area contributed by atoms with Gasteiger partial charge in [0.15, 0.2) is 17.7 Å². The first-order valence-electron chi connectivity index (χ1n) is 19.4. The number of hydrogen-bond donors (Lipinski definition) is 5. The van der Waals surface area contributed by atoms with Crippen molar-refractivity contribution in [3.05, 3.63) is 37.0 Å². The number of phosphoric acid groups is 3. The Labute approximate surface area is 361 Å². The molecule has 2 amide bonds. The third-order valence-electron chi connectivity index (χ3n) is 8.87. The molecule has 0 saturated carbocycles. The van der Waals surface area contributed by atoms with Crippen molar-refractivity contribution < 1.29 is 80.5 Å². The van der Waals surface area contributed by atoms with E-state index in [4.69, 9.17) is 10.5 Å². The third kappa shape index (κ3) is 18.3. The highest BCUT2D eigenvalue weighted by Crippen LogP contribution is 2.56. The fraction of sp³-hybridized carbons (Fsp3) is 0.647. The van der Waals surface area contributed by atoms with Crippen LogP contribution in [0.3, 0.4) is 0 Å². The fourth-order valence-electron chi connectivity index (χ4n) is 5.60. The van der Waals surface area contributed by atoms with Crippen LogP contribution in [0.1, 0.15) is 78.4 Å². The van der Waals surface area contributed by atoms with Crippen molar-refractivity contribution in [2.24, 2.45) is 5.41 Å². The van der Waals surface area contributed by atoms with Crippen molar-refractivity contribution in [2.45, 2.75) is 103 Å². The molecule has 1 aliphatic rings. The molecule has 2 unspecified atom stereocenters. The van der Waals surface area contributed by atoms with E-state index in [0.29, 0.717) is 5.75 Å². The number of amides is 2. The number of fused-ring (bicyclic) bond motifs is 1. The Hall–Kier alpha value is -2.96. The number of imidazole rings is 1. The number of nitrogens with two attached hydrogens (primary N) is 1. The van der Waals surface area contributed by atoms with Crippen LogP contribution in [0.5, 0.6) is 0 Å². The number of nitrogens with one attached hydrogen (secondary N) is 2. The number of phosphoric ester groups is 3. The summed E-state index contributed by atoms with van der Waals surface area (Å²) in [6, 6.07) is 0. The number of nitrogens with zero attached hydrogens (tertiary/aromatic N) is 4. The van der Waals surface area contributed by atoms with Crippen LogP contribution in [0.4, 0.5) is 5.82 Å². The number of anilines is 1. The second kappa shape index (κ2) is 24.9. The molecule has 6 N–H and O–H groups in total. The van der Waals surface area contributed by atoms with Gasteiger partial charge in [0.25, 0.3) is 15.6 Å². The highest BCUT2D eigenvalue weighted by Gasteiger charge is 2.47.